The number of rotatable bonds is 5. The number of nitro groups is 1. The van der Waals surface area contributed by atoms with Crippen molar-refractivity contribution in [1.29, 1.82) is 0 Å². The third kappa shape index (κ3) is 3.66. The molecule has 6 heteroatoms. The second-order valence-electron chi connectivity index (χ2n) is 4.72. The molecule has 0 amide bonds. The Morgan fingerprint density at radius 2 is 2.11 bits per heavy atom. The van der Waals surface area contributed by atoms with E-state index in [4.69, 9.17) is 0 Å². The summed E-state index contributed by atoms with van der Waals surface area (Å²) in [6, 6.07) is 3.51. The molecule has 0 aliphatic rings. The SMILES string of the molecule is CCN(CC(C)(C)O)c1ccc([N+](=O)[O-])cc1F. The highest BCUT2D eigenvalue weighted by Crippen LogP contribution is 2.25. The smallest absolute Gasteiger partial charge is 0.272 e. The lowest BCUT2D eigenvalue weighted by Gasteiger charge is -2.30. The topological polar surface area (TPSA) is 66.6 Å². The van der Waals surface area contributed by atoms with Crippen LogP contribution < -0.4 is 4.90 Å². The lowest BCUT2D eigenvalue weighted by Crippen LogP contribution is -2.39. The number of anilines is 1. The van der Waals surface area contributed by atoms with Gasteiger partial charge in [-0.15, -0.1) is 0 Å². The normalized spacial score (nSPS) is 11.4. The van der Waals surface area contributed by atoms with Gasteiger partial charge in [0.05, 0.1) is 22.3 Å². The molecule has 5 nitrogen and oxygen atoms in total. The van der Waals surface area contributed by atoms with Gasteiger partial charge in [0.1, 0.15) is 0 Å². The molecule has 0 unspecified atom stereocenters. The van der Waals surface area contributed by atoms with E-state index >= 15 is 0 Å². The van der Waals surface area contributed by atoms with E-state index in [0.29, 0.717) is 6.54 Å². The molecule has 0 aliphatic carbocycles. The van der Waals surface area contributed by atoms with Crippen LogP contribution in [0.3, 0.4) is 0 Å². The van der Waals surface area contributed by atoms with Gasteiger partial charge in [0, 0.05) is 19.2 Å². The lowest BCUT2D eigenvalue weighted by atomic mass is 10.1. The summed E-state index contributed by atoms with van der Waals surface area (Å²) in [6.07, 6.45) is 0. The van der Waals surface area contributed by atoms with Gasteiger partial charge in [-0.05, 0) is 26.8 Å². The summed E-state index contributed by atoms with van der Waals surface area (Å²) < 4.78 is 13.8. The molecule has 0 fully saturated rings. The van der Waals surface area contributed by atoms with E-state index in [2.05, 4.69) is 0 Å². The maximum atomic E-state index is 13.8. The van der Waals surface area contributed by atoms with E-state index in [0.717, 1.165) is 6.07 Å². The molecule has 18 heavy (non-hydrogen) atoms. The van der Waals surface area contributed by atoms with Gasteiger partial charge in [-0.2, -0.15) is 0 Å². The molecule has 0 aromatic heterocycles. The Labute approximate surface area is 105 Å². The Bertz CT molecular complexity index is 443. The monoisotopic (exact) mass is 256 g/mol. The van der Waals surface area contributed by atoms with Crippen molar-refractivity contribution in [2.45, 2.75) is 26.4 Å². The van der Waals surface area contributed by atoms with Gasteiger partial charge in [0.2, 0.25) is 0 Å². The van der Waals surface area contributed by atoms with Gasteiger partial charge >= 0.3 is 0 Å². The van der Waals surface area contributed by atoms with Crippen LogP contribution in [0.4, 0.5) is 15.8 Å². The van der Waals surface area contributed by atoms with E-state index in [1.165, 1.54) is 12.1 Å². The fraction of sp³-hybridized carbons (Fsp3) is 0.500. The van der Waals surface area contributed by atoms with E-state index < -0.39 is 16.3 Å². The summed E-state index contributed by atoms with van der Waals surface area (Å²) in [4.78, 5) is 11.5. The molecule has 0 atom stereocenters. The average Bonchev–Trinajstić information content (AvgIpc) is 2.24. The minimum absolute atomic E-state index is 0.248. The van der Waals surface area contributed by atoms with Crippen molar-refractivity contribution < 1.29 is 14.4 Å². The fourth-order valence-corrected chi connectivity index (χ4v) is 1.70. The molecule has 1 aromatic carbocycles. The van der Waals surface area contributed by atoms with Crippen LogP contribution >= 0.6 is 0 Å². The van der Waals surface area contributed by atoms with Crippen LogP contribution in [-0.4, -0.2) is 28.7 Å². The van der Waals surface area contributed by atoms with E-state index in [9.17, 15) is 19.6 Å². The molecule has 0 heterocycles. The molecule has 0 spiro atoms. The molecule has 0 saturated heterocycles. The van der Waals surface area contributed by atoms with Crippen molar-refractivity contribution in [3.05, 3.63) is 34.1 Å². The number of hydrogen-bond acceptors (Lipinski definition) is 4. The van der Waals surface area contributed by atoms with E-state index in [1.54, 1.807) is 18.7 Å². The Balaban J connectivity index is 3.04. The summed E-state index contributed by atoms with van der Waals surface area (Å²) >= 11 is 0. The van der Waals surface area contributed by atoms with Crippen LogP contribution in [0.25, 0.3) is 0 Å². The summed E-state index contributed by atoms with van der Waals surface area (Å²) in [5.41, 5.74) is -0.995. The second kappa shape index (κ2) is 5.30. The Morgan fingerprint density at radius 3 is 2.50 bits per heavy atom. The summed E-state index contributed by atoms with van der Waals surface area (Å²) in [6.45, 7) is 5.82. The van der Waals surface area contributed by atoms with Crippen molar-refractivity contribution in [3.8, 4) is 0 Å². The number of nitro benzene ring substituents is 1. The first kappa shape index (κ1) is 14.4. The first-order chi connectivity index (χ1) is 8.24. The minimum atomic E-state index is -0.968. The number of hydrogen-bond donors (Lipinski definition) is 1. The lowest BCUT2D eigenvalue weighted by molar-refractivity contribution is -0.385. The van der Waals surface area contributed by atoms with Crippen LogP contribution in [0.1, 0.15) is 20.8 Å². The average molecular weight is 256 g/mol. The second-order valence-corrected chi connectivity index (χ2v) is 4.72. The molecule has 1 rings (SSSR count). The predicted molar refractivity (Wildman–Crippen MR) is 67.2 cm³/mol. The Kier molecular flexibility index (Phi) is 4.24. The Morgan fingerprint density at radius 1 is 1.50 bits per heavy atom. The van der Waals surface area contributed by atoms with Crippen molar-refractivity contribution in [2.24, 2.45) is 0 Å². The molecule has 0 bridgehead atoms. The number of nitrogens with zero attached hydrogens (tertiary/aromatic N) is 2. The predicted octanol–water partition coefficient (Wildman–Crippen LogP) is 2.33. The number of aliphatic hydroxyl groups is 1. The van der Waals surface area contributed by atoms with Crippen LogP contribution in [0.5, 0.6) is 0 Å². The summed E-state index contributed by atoms with van der Waals surface area (Å²) in [5, 5.41) is 20.3. The van der Waals surface area contributed by atoms with Gasteiger partial charge < -0.3 is 10.0 Å². The zero-order chi connectivity index (χ0) is 13.9. The van der Waals surface area contributed by atoms with E-state index in [-0.39, 0.29) is 17.9 Å². The third-order valence-electron chi connectivity index (χ3n) is 2.44. The van der Waals surface area contributed by atoms with Crippen molar-refractivity contribution in [1.82, 2.24) is 0 Å². The van der Waals surface area contributed by atoms with Crippen molar-refractivity contribution in [2.75, 3.05) is 18.0 Å². The quantitative estimate of drug-likeness (QED) is 0.648. The van der Waals surface area contributed by atoms with Gasteiger partial charge in [0.25, 0.3) is 5.69 Å². The highest BCUT2D eigenvalue weighted by atomic mass is 19.1. The van der Waals surface area contributed by atoms with Gasteiger partial charge in [-0.1, -0.05) is 0 Å². The largest absolute Gasteiger partial charge is 0.389 e. The fourth-order valence-electron chi connectivity index (χ4n) is 1.70. The molecular formula is C12H17FN2O3. The van der Waals surface area contributed by atoms with Crippen LogP contribution in [0.15, 0.2) is 18.2 Å². The molecular weight excluding hydrogens is 239 g/mol. The van der Waals surface area contributed by atoms with Gasteiger partial charge in [-0.25, -0.2) is 4.39 Å². The van der Waals surface area contributed by atoms with Crippen LogP contribution in [0.2, 0.25) is 0 Å². The summed E-state index contributed by atoms with van der Waals surface area (Å²) in [5.74, 6) is -0.657. The molecule has 0 aliphatic heterocycles. The summed E-state index contributed by atoms with van der Waals surface area (Å²) in [7, 11) is 0. The molecule has 0 radical (unpaired) electrons. The molecule has 1 aromatic rings. The van der Waals surface area contributed by atoms with Crippen LogP contribution in [-0.2, 0) is 0 Å². The standard InChI is InChI=1S/C12H17FN2O3/c1-4-14(8-12(2,3)16)11-6-5-9(15(17)18)7-10(11)13/h5-7,16H,4,8H2,1-3H3. The van der Waals surface area contributed by atoms with Gasteiger partial charge in [0.15, 0.2) is 5.82 Å². The molecule has 0 saturated carbocycles. The zero-order valence-electron chi connectivity index (χ0n) is 10.7. The molecule has 1 N–H and O–H groups in total. The first-order valence-electron chi connectivity index (χ1n) is 5.66. The minimum Gasteiger partial charge on any atom is -0.389 e. The third-order valence-corrected chi connectivity index (χ3v) is 2.44. The Hall–Kier alpha value is -1.69. The van der Waals surface area contributed by atoms with Crippen molar-refractivity contribution >= 4 is 11.4 Å². The zero-order valence-corrected chi connectivity index (χ0v) is 10.7. The maximum Gasteiger partial charge on any atom is 0.272 e. The highest BCUT2D eigenvalue weighted by Gasteiger charge is 2.21. The number of non-ortho nitro benzene ring substituents is 1. The highest BCUT2D eigenvalue weighted by molar-refractivity contribution is 5.52. The van der Waals surface area contributed by atoms with Crippen LogP contribution in [0, 0.1) is 15.9 Å². The van der Waals surface area contributed by atoms with Crippen molar-refractivity contribution in [3.63, 3.8) is 0 Å². The van der Waals surface area contributed by atoms with E-state index in [1.807, 2.05) is 6.92 Å². The molecule has 100 valence electrons. The van der Waals surface area contributed by atoms with Gasteiger partial charge in [-0.3, -0.25) is 10.1 Å². The first-order valence-corrected chi connectivity index (χ1v) is 5.66. The maximum absolute atomic E-state index is 13.8. The number of benzene rings is 1. The number of halogens is 1. The number of likely N-dealkylation sites (N-methyl/N-ethyl adjacent to an activating group) is 1.